The highest BCUT2D eigenvalue weighted by Crippen LogP contribution is 2.33. The fourth-order valence-corrected chi connectivity index (χ4v) is 6.20. The molecule has 196 valence electrons. The average Bonchev–Trinajstić information content (AvgIpc) is 3.41. The van der Waals surface area contributed by atoms with E-state index in [2.05, 4.69) is 22.3 Å². The van der Waals surface area contributed by atoms with Gasteiger partial charge < -0.3 is 25.0 Å². The van der Waals surface area contributed by atoms with Crippen LogP contribution in [0.2, 0.25) is 0 Å². The summed E-state index contributed by atoms with van der Waals surface area (Å²) in [5.41, 5.74) is 1.79. The molecule has 0 aromatic heterocycles. The van der Waals surface area contributed by atoms with Gasteiger partial charge >= 0.3 is 0 Å². The predicted molar refractivity (Wildman–Crippen MR) is 135 cm³/mol. The molecule has 8 heteroatoms. The summed E-state index contributed by atoms with van der Waals surface area (Å²) >= 11 is 0. The molecule has 4 aliphatic rings. The van der Waals surface area contributed by atoms with Gasteiger partial charge in [-0.25, -0.2) is 0 Å². The first-order valence-corrected chi connectivity index (χ1v) is 13.6. The van der Waals surface area contributed by atoms with Crippen molar-refractivity contribution in [2.24, 2.45) is 5.92 Å². The lowest BCUT2D eigenvalue weighted by Gasteiger charge is -2.42. The Morgan fingerprint density at radius 3 is 2.44 bits per heavy atom. The molecule has 1 aliphatic carbocycles. The zero-order valence-electron chi connectivity index (χ0n) is 21.4. The van der Waals surface area contributed by atoms with Gasteiger partial charge in [0.15, 0.2) is 5.78 Å². The molecule has 8 nitrogen and oxygen atoms in total. The summed E-state index contributed by atoms with van der Waals surface area (Å²) < 4.78 is 5.40. The lowest BCUT2D eigenvalue weighted by Crippen LogP contribution is -2.54. The molecule has 2 amide bonds. The number of likely N-dealkylation sites (tertiary alicyclic amines) is 2. The summed E-state index contributed by atoms with van der Waals surface area (Å²) in [4.78, 5) is 43.0. The van der Waals surface area contributed by atoms with E-state index in [9.17, 15) is 19.5 Å². The van der Waals surface area contributed by atoms with E-state index < -0.39 is 24.3 Å². The molecule has 3 aliphatic heterocycles. The molecule has 1 saturated carbocycles. The number of aliphatic hydroxyl groups excluding tert-OH is 1. The van der Waals surface area contributed by atoms with E-state index in [0.29, 0.717) is 17.9 Å². The normalized spacial score (nSPS) is 29.0. The molecule has 4 fully saturated rings. The maximum absolute atomic E-state index is 13.5. The molecule has 0 unspecified atom stereocenters. The number of Topliss-reactive ketones (excluding diaryl/α,β-unsaturated/α-hetero) is 1. The Balaban J connectivity index is 1.22. The molecule has 2 N–H and O–H groups in total. The topological polar surface area (TPSA) is 99.2 Å². The van der Waals surface area contributed by atoms with Crippen molar-refractivity contribution in [3.8, 4) is 0 Å². The Kier molecular flexibility index (Phi) is 7.47. The van der Waals surface area contributed by atoms with Crippen LogP contribution in [0.1, 0.15) is 74.2 Å². The molecule has 3 heterocycles. The number of fused-ring (bicyclic) bond motifs is 1. The number of amides is 2. The van der Waals surface area contributed by atoms with Crippen molar-refractivity contribution in [1.29, 1.82) is 0 Å². The third-order valence-corrected chi connectivity index (χ3v) is 8.97. The zero-order chi connectivity index (χ0) is 25.4. The summed E-state index contributed by atoms with van der Waals surface area (Å²) in [6.07, 6.45) is 5.47. The Morgan fingerprint density at radius 2 is 1.83 bits per heavy atom. The maximum Gasteiger partial charge on any atom is 0.251 e. The van der Waals surface area contributed by atoms with Crippen LogP contribution in [0, 0.1) is 5.92 Å². The summed E-state index contributed by atoms with van der Waals surface area (Å²) in [6.45, 7) is 6.12. The monoisotopic (exact) mass is 497 g/mol. The van der Waals surface area contributed by atoms with Gasteiger partial charge in [-0.1, -0.05) is 38.8 Å². The maximum atomic E-state index is 13.5. The van der Waals surface area contributed by atoms with Crippen molar-refractivity contribution in [3.63, 3.8) is 0 Å². The van der Waals surface area contributed by atoms with Crippen LogP contribution in [0.3, 0.4) is 0 Å². The molecule has 36 heavy (non-hydrogen) atoms. The van der Waals surface area contributed by atoms with Gasteiger partial charge in [0.05, 0.1) is 6.54 Å². The highest BCUT2D eigenvalue weighted by atomic mass is 16.5. The number of β-amino-alcohol motifs (C(OH)–C–C–N with tert-alkyl or cyclic N) is 1. The van der Waals surface area contributed by atoms with E-state index in [1.54, 1.807) is 0 Å². The lowest BCUT2D eigenvalue weighted by molar-refractivity contribution is -0.139. The molecule has 3 saturated heterocycles. The Labute approximate surface area is 213 Å². The van der Waals surface area contributed by atoms with Crippen LogP contribution in [-0.4, -0.2) is 89.1 Å². The fraction of sp³-hybridized carbons (Fsp3) is 0.679. The Hall–Kier alpha value is -2.29. The second-order valence-electron chi connectivity index (χ2n) is 11.1. The number of carbonyl (C=O) groups excluding carboxylic acids is 3. The number of ketones is 1. The van der Waals surface area contributed by atoms with Gasteiger partial charge in [-0.2, -0.15) is 0 Å². The molecule has 0 bridgehead atoms. The number of rotatable bonds is 7. The van der Waals surface area contributed by atoms with Crippen LogP contribution in [0.4, 0.5) is 0 Å². The molecular weight excluding hydrogens is 458 g/mol. The summed E-state index contributed by atoms with van der Waals surface area (Å²) in [5.74, 6) is -0.444. The molecule has 5 atom stereocenters. The number of nitrogens with one attached hydrogen (secondary N) is 1. The number of aliphatic hydroxyl groups is 1. The lowest BCUT2D eigenvalue weighted by atomic mass is 9.85. The number of hydrogen-bond acceptors (Lipinski definition) is 6. The Morgan fingerprint density at radius 1 is 1.14 bits per heavy atom. The van der Waals surface area contributed by atoms with Gasteiger partial charge in [-0.3, -0.25) is 14.4 Å². The summed E-state index contributed by atoms with van der Waals surface area (Å²) in [5, 5.41) is 13.2. The second kappa shape index (κ2) is 10.6. The van der Waals surface area contributed by atoms with Crippen molar-refractivity contribution >= 4 is 17.6 Å². The molecule has 0 spiro atoms. The van der Waals surface area contributed by atoms with Crippen LogP contribution in [0.15, 0.2) is 24.3 Å². The molecule has 5 rings (SSSR count). The molecule has 1 aromatic rings. The van der Waals surface area contributed by atoms with Crippen LogP contribution in [0.25, 0.3) is 0 Å². The van der Waals surface area contributed by atoms with E-state index in [0.717, 1.165) is 32.0 Å². The summed E-state index contributed by atoms with van der Waals surface area (Å²) in [7, 11) is 0. The predicted octanol–water partition coefficient (Wildman–Crippen LogP) is 2.10. The quantitative estimate of drug-likeness (QED) is 0.599. The second-order valence-corrected chi connectivity index (χ2v) is 11.1. The molecule has 0 radical (unpaired) electrons. The van der Waals surface area contributed by atoms with Crippen LogP contribution in [-0.2, 0) is 14.3 Å². The smallest absolute Gasteiger partial charge is 0.251 e. The third-order valence-electron chi connectivity index (χ3n) is 8.97. The minimum atomic E-state index is -0.896. The zero-order valence-corrected chi connectivity index (χ0v) is 21.4. The molecule has 1 aromatic carbocycles. The minimum absolute atomic E-state index is 0.0387. The first kappa shape index (κ1) is 25.4. The first-order valence-electron chi connectivity index (χ1n) is 13.6. The SMILES string of the molecule is CC[C@H](C)[C@H](NC(=O)c1ccc(C2CCN(C3CCC3)CC2)cc1)C(=O)N1C[C@H](O)[C@H]2OCC(=O)[C@H]21. The minimum Gasteiger partial charge on any atom is -0.388 e. The summed E-state index contributed by atoms with van der Waals surface area (Å²) in [6, 6.07) is 7.05. The average molecular weight is 498 g/mol. The van der Waals surface area contributed by atoms with Crippen molar-refractivity contribution in [2.45, 2.75) is 88.6 Å². The Bertz CT molecular complexity index is 970. The van der Waals surface area contributed by atoms with Crippen LogP contribution >= 0.6 is 0 Å². The molecular formula is C28H39N3O5. The number of carbonyl (C=O) groups is 3. The number of nitrogens with zero attached hydrogens (tertiary/aromatic N) is 2. The van der Waals surface area contributed by atoms with Gasteiger partial charge in [0.2, 0.25) is 5.91 Å². The van der Waals surface area contributed by atoms with Gasteiger partial charge in [0, 0.05) is 11.6 Å². The highest BCUT2D eigenvalue weighted by Gasteiger charge is 2.53. The van der Waals surface area contributed by atoms with Crippen molar-refractivity contribution in [3.05, 3.63) is 35.4 Å². The number of benzene rings is 1. The van der Waals surface area contributed by atoms with Gasteiger partial charge in [0.25, 0.3) is 5.91 Å². The van der Waals surface area contributed by atoms with Gasteiger partial charge in [-0.05, 0) is 68.3 Å². The first-order chi connectivity index (χ1) is 17.4. The number of piperidine rings is 1. The largest absolute Gasteiger partial charge is 0.388 e. The van der Waals surface area contributed by atoms with E-state index in [-0.39, 0.29) is 36.7 Å². The van der Waals surface area contributed by atoms with Crippen molar-refractivity contribution in [1.82, 2.24) is 15.1 Å². The third kappa shape index (κ3) is 4.83. The van der Waals surface area contributed by atoms with E-state index in [1.807, 2.05) is 26.0 Å². The van der Waals surface area contributed by atoms with E-state index in [4.69, 9.17) is 4.74 Å². The van der Waals surface area contributed by atoms with Gasteiger partial charge in [0.1, 0.15) is 30.9 Å². The van der Waals surface area contributed by atoms with Crippen molar-refractivity contribution in [2.75, 3.05) is 26.2 Å². The van der Waals surface area contributed by atoms with Crippen LogP contribution in [0.5, 0.6) is 0 Å². The highest BCUT2D eigenvalue weighted by molar-refractivity contribution is 5.99. The number of hydrogen-bond donors (Lipinski definition) is 2. The van der Waals surface area contributed by atoms with Crippen LogP contribution < -0.4 is 5.32 Å². The van der Waals surface area contributed by atoms with E-state index >= 15 is 0 Å². The number of ether oxygens (including phenoxy) is 1. The van der Waals surface area contributed by atoms with Crippen molar-refractivity contribution < 1.29 is 24.2 Å². The fourth-order valence-electron chi connectivity index (χ4n) is 6.20. The van der Waals surface area contributed by atoms with Gasteiger partial charge in [-0.15, -0.1) is 0 Å². The van der Waals surface area contributed by atoms with E-state index in [1.165, 1.54) is 29.7 Å². The standard InChI is InChI=1S/C28H39N3O5/c1-3-17(2)24(28(35)31-15-22(32)26-25(31)23(33)16-36-26)29-27(34)20-9-7-18(8-10-20)19-11-13-30(14-12-19)21-5-4-6-21/h7-10,17,19,21-22,24-26,32H,3-6,11-16H2,1-2H3,(H,29,34)/t17-,22-,24-,25+,26+/m0/s1.